The van der Waals surface area contributed by atoms with Crippen LogP contribution in [0.1, 0.15) is 31.4 Å². The zero-order valence-electron chi connectivity index (χ0n) is 12.1. The van der Waals surface area contributed by atoms with E-state index in [0.29, 0.717) is 6.54 Å². The Kier molecular flexibility index (Phi) is 4.10. The van der Waals surface area contributed by atoms with Crippen LogP contribution in [0.15, 0.2) is 23.0 Å². The van der Waals surface area contributed by atoms with Crippen LogP contribution in [0.4, 0.5) is 0 Å². The number of H-pyrrole nitrogens is 2. The molecule has 114 valence electrons. The predicted molar refractivity (Wildman–Crippen MR) is 86.8 cm³/mol. The Hall–Kier alpha value is -1.24. The number of hydrogen-bond acceptors (Lipinski definition) is 4. The first kappa shape index (κ1) is 14.7. The second-order valence-electron chi connectivity index (χ2n) is 5.82. The second-order valence-corrected chi connectivity index (χ2v) is 7.05. The van der Waals surface area contributed by atoms with Crippen LogP contribution in [0, 0.1) is 0 Å². The zero-order valence-corrected chi connectivity index (χ0v) is 12.9. The highest BCUT2D eigenvalue weighted by atomic mass is 32.2. The van der Waals surface area contributed by atoms with Gasteiger partial charge in [-0.05, 0) is 49.0 Å². The molecule has 2 aromatic rings. The molecule has 0 spiro atoms. The summed E-state index contributed by atoms with van der Waals surface area (Å²) >= 11 is 1.91. The molecule has 0 radical (unpaired) electrons. The molecule has 3 rings (SSSR count). The number of aromatic nitrogens is 2. The highest BCUT2D eigenvalue weighted by Gasteiger charge is 2.29. The average molecular weight is 307 g/mol. The monoisotopic (exact) mass is 307 g/mol. The third-order valence-electron chi connectivity index (χ3n) is 4.20. The van der Waals surface area contributed by atoms with Gasteiger partial charge in [0, 0.05) is 12.6 Å². The Balaban J connectivity index is 1.68. The van der Waals surface area contributed by atoms with E-state index in [2.05, 4.69) is 22.2 Å². The summed E-state index contributed by atoms with van der Waals surface area (Å²) in [5.41, 5.74) is 1.98. The van der Waals surface area contributed by atoms with E-state index >= 15 is 0 Å². The van der Waals surface area contributed by atoms with Crippen LogP contribution in [-0.2, 0) is 0 Å². The van der Waals surface area contributed by atoms with Crippen molar-refractivity contribution >= 4 is 22.8 Å². The highest BCUT2D eigenvalue weighted by molar-refractivity contribution is 7.99. The Bertz CT molecular complexity index is 673. The molecule has 1 aromatic carbocycles. The summed E-state index contributed by atoms with van der Waals surface area (Å²) in [5, 5.41) is 13.9. The van der Waals surface area contributed by atoms with Crippen molar-refractivity contribution < 1.29 is 5.11 Å². The van der Waals surface area contributed by atoms with Crippen molar-refractivity contribution in [3.63, 3.8) is 0 Å². The van der Waals surface area contributed by atoms with E-state index in [1.165, 1.54) is 0 Å². The van der Waals surface area contributed by atoms with Crippen molar-refractivity contribution in [2.24, 2.45) is 0 Å². The summed E-state index contributed by atoms with van der Waals surface area (Å²) in [4.78, 5) is 16.8. The van der Waals surface area contributed by atoms with Gasteiger partial charge in [0.15, 0.2) is 0 Å². The van der Waals surface area contributed by atoms with E-state index in [1.54, 1.807) is 0 Å². The Morgan fingerprint density at radius 3 is 2.81 bits per heavy atom. The minimum atomic E-state index is -0.577. The van der Waals surface area contributed by atoms with Crippen LogP contribution in [0.25, 0.3) is 11.0 Å². The van der Waals surface area contributed by atoms with E-state index in [-0.39, 0.29) is 11.7 Å². The van der Waals surface area contributed by atoms with Crippen molar-refractivity contribution in [3.8, 4) is 0 Å². The van der Waals surface area contributed by atoms with Crippen molar-refractivity contribution in [1.82, 2.24) is 15.3 Å². The lowest BCUT2D eigenvalue weighted by atomic mass is 9.96. The fourth-order valence-electron chi connectivity index (χ4n) is 2.71. The van der Waals surface area contributed by atoms with Crippen LogP contribution >= 0.6 is 11.8 Å². The molecule has 0 bridgehead atoms. The van der Waals surface area contributed by atoms with Gasteiger partial charge in [-0.1, -0.05) is 6.07 Å². The summed E-state index contributed by atoms with van der Waals surface area (Å²) in [6.07, 6.45) is 1.70. The van der Waals surface area contributed by atoms with Crippen LogP contribution < -0.4 is 11.0 Å². The molecule has 0 aliphatic carbocycles. The summed E-state index contributed by atoms with van der Waals surface area (Å²) < 4.78 is 0. The van der Waals surface area contributed by atoms with E-state index in [4.69, 9.17) is 0 Å². The molecule has 0 amide bonds. The third-order valence-corrected chi connectivity index (χ3v) is 5.19. The molecule has 1 saturated heterocycles. The van der Waals surface area contributed by atoms with E-state index < -0.39 is 5.60 Å². The van der Waals surface area contributed by atoms with Gasteiger partial charge in [-0.15, -0.1) is 0 Å². The molecular weight excluding hydrogens is 286 g/mol. The lowest BCUT2D eigenvalue weighted by Gasteiger charge is -2.33. The molecule has 1 fully saturated rings. The average Bonchev–Trinajstić information content (AvgIpc) is 2.84. The van der Waals surface area contributed by atoms with Gasteiger partial charge in [-0.3, -0.25) is 0 Å². The second kappa shape index (κ2) is 5.87. The van der Waals surface area contributed by atoms with E-state index in [1.807, 2.05) is 30.0 Å². The highest BCUT2D eigenvalue weighted by Crippen LogP contribution is 2.27. The maximum atomic E-state index is 11.3. The Morgan fingerprint density at radius 1 is 1.33 bits per heavy atom. The molecule has 5 nitrogen and oxygen atoms in total. The number of aliphatic hydroxyl groups is 1. The molecule has 6 heteroatoms. The number of thioether (sulfide) groups is 1. The maximum absolute atomic E-state index is 11.3. The SMILES string of the molecule is CC(NCC1(O)CCSCC1)c1ccc2[nH]c(=O)[nH]c2c1. The zero-order chi connectivity index (χ0) is 14.9. The first-order chi connectivity index (χ1) is 10.1. The minimum absolute atomic E-state index is 0.131. The number of aromatic amines is 2. The van der Waals surface area contributed by atoms with Crippen molar-refractivity contribution in [2.45, 2.75) is 31.4 Å². The summed E-state index contributed by atoms with van der Waals surface area (Å²) in [6.45, 7) is 2.68. The van der Waals surface area contributed by atoms with Gasteiger partial charge in [0.05, 0.1) is 16.6 Å². The van der Waals surface area contributed by atoms with Gasteiger partial charge < -0.3 is 20.4 Å². The summed E-state index contributed by atoms with van der Waals surface area (Å²) in [5.74, 6) is 2.06. The van der Waals surface area contributed by atoms with Gasteiger partial charge in [-0.2, -0.15) is 11.8 Å². The standard InChI is InChI=1S/C15H21N3O2S/c1-10(16-9-15(20)4-6-21-7-5-15)11-2-3-12-13(8-11)18-14(19)17-12/h2-3,8,10,16,20H,4-7,9H2,1H3,(H2,17,18,19). The van der Waals surface area contributed by atoms with Crippen molar-refractivity contribution in [1.29, 1.82) is 0 Å². The molecule has 2 heterocycles. The number of benzene rings is 1. The van der Waals surface area contributed by atoms with Gasteiger partial charge >= 0.3 is 5.69 Å². The lowest BCUT2D eigenvalue weighted by molar-refractivity contribution is 0.0300. The molecule has 1 aliphatic rings. The van der Waals surface area contributed by atoms with Gasteiger partial charge in [-0.25, -0.2) is 4.79 Å². The van der Waals surface area contributed by atoms with E-state index in [9.17, 15) is 9.90 Å². The maximum Gasteiger partial charge on any atom is 0.323 e. The number of rotatable bonds is 4. The van der Waals surface area contributed by atoms with Crippen LogP contribution in [0.5, 0.6) is 0 Å². The molecule has 1 atom stereocenters. The Labute approximate surface area is 127 Å². The van der Waals surface area contributed by atoms with Crippen LogP contribution in [-0.4, -0.2) is 38.7 Å². The lowest BCUT2D eigenvalue weighted by Crippen LogP contribution is -2.44. The summed E-state index contributed by atoms with van der Waals surface area (Å²) in [7, 11) is 0. The summed E-state index contributed by atoms with van der Waals surface area (Å²) in [6, 6.07) is 6.02. The fraction of sp³-hybridized carbons (Fsp3) is 0.533. The number of hydrogen-bond donors (Lipinski definition) is 4. The normalized spacial score (nSPS) is 19.7. The quantitative estimate of drug-likeness (QED) is 0.694. The van der Waals surface area contributed by atoms with Crippen LogP contribution in [0.2, 0.25) is 0 Å². The predicted octanol–water partition coefficient (Wildman–Crippen LogP) is 1.76. The molecule has 21 heavy (non-hydrogen) atoms. The number of fused-ring (bicyclic) bond motifs is 1. The molecule has 1 aromatic heterocycles. The van der Waals surface area contributed by atoms with Crippen molar-refractivity contribution in [2.75, 3.05) is 18.1 Å². The number of nitrogens with one attached hydrogen (secondary N) is 3. The largest absolute Gasteiger partial charge is 0.389 e. The van der Waals surface area contributed by atoms with Crippen molar-refractivity contribution in [3.05, 3.63) is 34.2 Å². The first-order valence-corrected chi connectivity index (χ1v) is 8.47. The smallest absolute Gasteiger partial charge is 0.323 e. The molecular formula is C15H21N3O2S. The topological polar surface area (TPSA) is 80.9 Å². The van der Waals surface area contributed by atoms with Gasteiger partial charge in [0.2, 0.25) is 0 Å². The third kappa shape index (κ3) is 3.33. The molecule has 4 N–H and O–H groups in total. The Morgan fingerprint density at radius 2 is 2.05 bits per heavy atom. The molecule has 0 saturated carbocycles. The van der Waals surface area contributed by atoms with Crippen LogP contribution in [0.3, 0.4) is 0 Å². The number of imidazole rings is 1. The fourth-order valence-corrected chi connectivity index (χ4v) is 3.96. The molecule has 1 aliphatic heterocycles. The van der Waals surface area contributed by atoms with E-state index in [0.717, 1.165) is 40.9 Å². The van der Waals surface area contributed by atoms with Gasteiger partial charge in [0.25, 0.3) is 0 Å². The minimum Gasteiger partial charge on any atom is -0.389 e. The molecule has 1 unspecified atom stereocenters. The van der Waals surface area contributed by atoms with Gasteiger partial charge in [0.1, 0.15) is 0 Å². The first-order valence-electron chi connectivity index (χ1n) is 7.31.